The monoisotopic (exact) mass is 284 g/mol. The Balaban J connectivity index is 2.00. The van der Waals surface area contributed by atoms with Crippen LogP contribution in [0.5, 0.6) is 0 Å². The molecule has 0 bridgehead atoms. The van der Waals surface area contributed by atoms with E-state index in [1.165, 1.54) is 6.92 Å². The van der Waals surface area contributed by atoms with Crippen molar-refractivity contribution in [1.82, 2.24) is 0 Å². The summed E-state index contributed by atoms with van der Waals surface area (Å²) >= 11 is 0. The van der Waals surface area contributed by atoms with Crippen LogP contribution in [0.25, 0.3) is 0 Å². The van der Waals surface area contributed by atoms with Crippen LogP contribution in [0.1, 0.15) is 18.6 Å². The normalized spacial score (nSPS) is 11.8. The molecule has 0 aliphatic carbocycles. The molecular weight excluding hydrogens is 264 g/mol. The molecule has 2 N–H and O–H groups in total. The van der Waals surface area contributed by atoms with Gasteiger partial charge in [-0.2, -0.15) is 0 Å². The number of hydrogen-bond acceptors (Lipinski definition) is 3. The van der Waals surface area contributed by atoms with Crippen molar-refractivity contribution in [2.75, 3.05) is 23.8 Å². The summed E-state index contributed by atoms with van der Waals surface area (Å²) in [5, 5.41) is 13.0. The number of carbonyl (C=O) groups is 1. The highest BCUT2D eigenvalue weighted by atomic mass is 16.3. The highest BCUT2D eigenvalue weighted by Gasteiger charge is 2.11. The van der Waals surface area contributed by atoms with Gasteiger partial charge in [0.25, 0.3) is 0 Å². The van der Waals surface area contributed by atoms with E-state index in [-0.39, 0.29) is 5.91 Å². The number of para-hydroxylation sites is 1. The molecule has 0 aliphatic rings. The van der Waals surface area contributed by atoms with Gasteiger partial charge in [-0.1, -0.05) is 30.3 Å². The summed E-state index contributed by atoms with van der Waals surface area (Å²) in [5.74, 6) is -0.105. The molecule has 21 heavy (non-hydrogen) atoms. The number of likely N-dealkylation sites (N-methyl/N-ethyl adjacent to an activating group) is 1. The van der Waals surface area contributed by atoms with E-state index in [1.54, 1.807) is 12.1 Å². The third-order valence-corrected chi connectivity index (χ3v) is 3.26. The van der Waals surface area contributed by atoms with E-state index in [0.29, 0.717) is 6.54 Å². The van der Waals surface area contributed by atoms with Gasteiger partial charge in [-0.25, -0.2) is 0 Å². The highest BCUT2D eigenvalue weighted by molar-refractivity contribution is 5.88. The number of aliphatic hydroxyl groups is 1. The molecule has 0 spiro atoms. The lowest BCUT2D eigenvalue weighted by Gasteiger charge is -2.23. The van der Waals surface area contributed by atoms with Crippen LogP contribution in [0.2, 0.25) is 0 Å². The molecule has 0 aromatic heterocycles. The van der Waals surface area contributed by atoms with Gasteiger partial charge in [-0.15, -0.1) is 0 Å². The molecule has 4 nitrogen and oxygen atoms in total. The Labute approximate surface area is 125 Å². The SMILES string of the molecule is CC(=O)Nc1ccc(C(O)CN(C)c2ccccc2)cc1. The predicted molar refractivity (Wildman–Crippen MR) is 85.4 cm³/mol. The van der Waals surface area contributed by atoms with Crippen LogP contribution >= 0.6 is 0 Å². The van der Waals surface area contributed by atoms with Gasteiger partial charge in [0.15, 0.2) is 0 Å². The average molecular weight is 284 g/mol. The summed E-state index contributed by atoms with van der Waals surface area (Å²) in [5.41, 5.74) is 2.62. The fraction of sp³-hybridized carbons (Fsp3) is 0.235. The molecule has 0 radical (unpaired) electrons. The molecule has 1 atom stereocenters. The van der Waals surface area contributed by atoms with Crippen molar-refractivity contribution in [2.45, 2.75) is 13.0 Å². The van der Waals surface area contributed by atoms with Gasteiger partial charge in [0.1, 0.15) is 0 Å². The minimum atomic E-state index is -0.582. The van der Waals surface area contributed by atoms with E-state index in [9.17, 15) is 9.90 Å². The lowest BCUT2D eigenvalue weighted by Crippen LogP contribution is -2.24. The summed E-state index contributed by atoms with van der Waals surface area (Å²) < 4.78 is 0. The zero-order chi connectivity index (χ0) is 15.2. The van der Waals surface area contributed by atoms with E-state index >= 15 is 0 Å². The van der Waals surface area contributed by atoms with Crippen LogP contribution in [-0.4, -0.2) is 24.6 Å². The summed E-state index contributed by atoms with van der Waals surface area (Å²) in [6.45, 7) is 1.97. The highest BCUT2D eigenvalue weighted by Crippen LogP contribution is 2.20. The Bertz CT molecular complexity index is 581. The van der Waals surface area contributed by atoms with Crippen LogP contribution < -0.4 is 10.2 Å². The van der Waals surface area contributed by atoms with E-state index in [0.717, 1.165) is 16.9 Å². The summed E-state index contributed by atoms with van der Waals surface area (Å²) in [4.78, 5) is 13.0. The van der Waals surface area contributed by atoms with Gasteiger partial charge in [0.2, 0.25) is 5.91 Å². The largest absolute Gasteiger partial charge is 0.387 e. The second kappa shape index (κ2) is 6.90. The Hall–Kier alpha value is -2.33. The van der Waals surface area contributed by atoms with Crippen molar-refractivity contribution in [2.24, 2.45) is 0 Å². The number of anilines is 2. The molecule has 2 rings (SSSR count). The first-order valence-corrected chi connectivity index (χ1v) is 6.88. The van der Waals surface area contributed by atoms with Crippen molar-refractivity contribution in [1.29, 1.82) is 0 Å². The van der Waals surface area contributed by atoms with E-state index in [2.05, 4.69) is 5.32 Å². The predicted octanol–water partition coefficient (Wildman–Crippen LogP) is 2.81. The molecule has 0 saturated carbocycles. The number of benzene rings is 2. The van der Waals surface area contributed by atoms with Gasteiger partial charge in [-0.3, -0.25) is 4.79 Å². The molecule has 0 aliphatic heterocycles. The second-order valence-electron chi connectivity index (χ2n) is 5.04. The first-order chi connectivity index (χ1) is 10.1. The van der Waals surface area contributed by atoms with Crippen LogP contribution in [0.4, 0.5) is 11.4 Å². The third kappa shape index (κ3) is 4.33. The minimum absolute atomic E-state index is 0.105. The fourth-order valence-electron chi connectivity index (χ4n) is 2.14. The van der Waals surface area contributed by atoms with Gasteiger partial charge < -0.3 is 15.3 Å². The van der Waals surface area contributed by atoms with E-state index < -0.39 is 6.10 Å². The Morgan fingerprint density at radius 2 is 1.76 bits per heavy atom. The van der Waals surface area contributed by atoms with Crippen molar-refractivity contribution < 1.29 is 9.90 Å². The smallest absolute Gasteiger partial charge is 0.221 e. The second-order valence-corrected chi connectivity index (χ2v) is 5.04. The number of rotatable bonds is 5. The maximum absolute atomic E-state index is 11.0. The summed E-state index contributed by atoms with van der Waals surface area (Å²) in [6, 6.07) is 17.2. The Kier molecular flexibility index (Phi) is 4.95. The molecule has 1 amide bonds. The summed E-state index contributed by atoms with van der Waals surface area (Å²) in [7, 11) is 1.95. The summed E-state index contributed by atoms with van der Waals surface area (Å²) in [6.07, 6.45) is -0.582. The van der Waals surface area contributed by atoms with Gasteiger partial charge in [0, 0.05) is 31.9 Å². The zero-order valence-corrected chi connectivity index (χ0v) is 12.3. The number of amides is 1. The van der Waals surface area contributed by atoms with Crippen LogP contribution in [0.3, 0.4) is 0 Å². The lowest BCUT2D eigenvalue weighted by molar-refractivity contribution is -0.114. The van der Waals surface area contributed by atoms with Gasteiger partial charge in [0.05, 0.1) is 6.10 Å². The zero-order valence-electron chi connectivity index (χ0n) is 12.3. The first-order valence-electron chi connectivity index (χ1n) is 6.88. The number of hydrogen-bond donors (Lipinski definition) is 2. The maximum atomic E-state index is 11.0. The average Bonchev–Trinajstić information content (AvgIpc) is 2.48. The molecule has 0 saturated heterocycles. The number of nitrogens with zero attached hydrogens (tertiary/aromatic N) is 1. The molecule has 1 unspecified atom stereocenters. The van der Waals surface area contributed by atoms with Crippen LogP contribution in [-0.2, 0) is 4.79 Å². The minimum Gasteiger partial charge on any atom is -0.387 e. The molecule has 110 valence electrons. The van der Waals surface area contributed by atoms with Crippen molar-refractivity contribution in [3.05, 3.63) is 60.2 Å². The fourth-order valence-corrected chi connectivity index (χ4v) is 2.14. The van der Waals surface area contributed by atoms with Crippen molar-refractivity contribution >= 4 is 17.3 Å². The van der Waals surface area contributed by atoms with Crippen LogP contribution in [0, 0.1) is 0 Å². The standard InChI is InChI=1S/C17H20N2O2/c1-13(20)18-15-10-8-14(9-11-15)17(21)12-19(2)16-6-4-3-5-7-16/h3-11,17,21H,12H2,1-2H3,(H,18,20). The van der Waals surface area contributed by atoms with Crippen molar-refractivity contribution in [3.63, 3.8) is 0 Å². The maximum Gasteiger partial charge on any atom is 0.221 e. The lowest BCUT2D eigenvalue weighted by atomic mass is 10.1. The number of nitrogens with one attached hydrogen (secondary N) is 1. The quantitative estimate of drug-likeness (QED) is 0.887. The molecule has 2 aromatic carbocycles. The van der Waals surface area contributed by atoms with Gasteiger partial charge in [-0.05, 0) is 29.8 Å². The number of aliphatic hydroxyl groups excluding tert-OH is 1. The molecule has 0 fully saturated rings. The van der Waals surface area contributed by atoms with E-state index in [4.69, 9.17) is 0 Å². The first kappa shape index (κ1) is 15.1. The van der Waals surface area contributed by atoms with Gasteiger partial charge >= 0.3 is 0 Å². The number of carbonyl (C=O) groups excluding carboxylic acids is 1. The van der Waals surface area contributed by atoms with Crippen LogP contribution in [0.15, 0.2) is 54.6 Å². The third-order valence-electron chi connectivity index (χ3n) is 3.26. The van der Waals surface area contributed by atoms with E-state index in [1.807, 2.05) is 54.4 Å². The Morgan fingerprint density at radius 1 is 1.14 bits per heavy atom. The Morgan fingerprint density at radius 3 is 2.33 bits per heavy atom. The molecule has 4 heteroatoms. The molecular formula is C17H20N2O2. The van der Waals surface area contributed by atoms with Crippen molar-refractivity contribution in [3.8, 4) is 0 Å². The topological polar surface area (TPSA) is 52.6 Å². The molecule has 2 aromatic rings. The molecule has 0 heterocycles.